The average molecular weight is 859 g/mol. The maximum atomic E-state index is 6.51. The summed E-state index contributed by atoms with van der Waals surface area (Å²) in [5.41, 5.74) is 5.52. The Hall–Kier alpha value is -4.78. The largest absolute Gasteiger partial charge is 0.494 e. The number of ether oxygens (including phenoxy) is 3. The van der Waals surface area contributed by atoms with E-state index in [2.05, 4.69) is 73.0 Å². The van der Waals surface area contributed by atoms with Crippen LogP contribution in [0.15, 0.2) is 136 Å². The van der Waals surface area contributed by atoms with Gasteiger partial charge in [0.05, 0.1) is 40.9 Å². The van der Waals surface area contributed by atoms with E-state index in [4.69, 9.17) is 25.8 Å². The maximum absolute atomic E-state index is 6.51. The van der Waals surface area contributed by atoms with Crippen molar-refractivity contribution in [3.05, 3.63) is 143 Å². The summed E-state index contributed by atoms with van der Waals surface area (Å²) in [6, 6.07) is 31.9. The van der Waals surface area contributed by atoms with Crippen LogP contribution in [-0.2, 0) is 4.74 Å². The van der Waals surface area contributed by atoms with Crippen LogP contribution in [0, 0.1) is 0 Å². The van der Waals surface area contributed by atoms with Crippen molar-refractivity contribution in [3.8, 4) is 11.5 Å². The Labute approximate surface area is 379 Å². The van der Waals surface area contributed by atoms with E-state index in [1.54, 1.807) is 0 Å². The number of rotatable bonds is 27. The highest BCUT2D eigenvalue weighted by molar-refractivity contribution is 6.33. The minimum atomic E-state index is -0.115. The fourth-order valence-electron chi connectivity index (χ4n) is 6.98. The van der Waals surface area contributed by atoms with Gasteiger partial charge < -0.3 is 14.2 Å². The lowest BCUT2D eigenvalue weighted by atomic mass is 9.88. The van der Waals surface area contributed by atoms with E-state index in [0.29, 0.717) is 10.7 Å². The van der Waals surface area contributed by atoms with Crippen molar-refractivity contribution in [1.82, 2.24) is 0 Å². The molecule has 1 atom stereocenters. The Morgan fingerprint density at radius 2 is 1.10 bits per heavy atom. The minimum absolute atomic E-state index is 0.115. The lowest BCUT2D eigenvalue weighted by Crippen LogP contribution is -2.31. The van der Waals surface area contributed by atoms with E-state index in [1.807, 2.05) is 104 Å². The smallest absolute Gasteiger partial charge is 0.119 e. The van der Waals surface area contributed by atoms with Crippen LogP contribution in [0.1, 0.15) is 147 Å². The first-order chi connectivity index (χ1) is 30.5. The molecule has 0 bridgehead atoms. The molecular formula is C55H72ClN3O3. The molecule has 332 valence electrons. The van der Waals surface area contributed by atoms with Gasteiger partial charge in [-0.05, 0) is 116 Å². The molecule has 1 aliphatic carbocycles. The molecule has 0 aromatic heterocycles. The molecule has 0 N–H and O–H groups in total. The molecule has 0 fully saturated rings. The Kier molecular flexibility index (Phi) is 24.4. The molecule has 0 amide bonds. The Morgan fingerprint density at radius 1 is 0.565 bits per heavy atom. The van der Waals surface area contributed by atoms with Crippen molar-refractivity contribution in [3.63, 3.8) is 0 Å². The summed E-state index contributed by atoms with van der Waals surface area (Å²) < 4.78 is 17.7. The van der Waals surface area contributed by atoms with Gasteiger partial charge in [0.2, 0.25) is 0 Å². The standard InChI is InChI=1S/C36H47ClN2O2.C19H25NO/c1-3-5-7-9-11-13-25-40-33-20-15-30(16-21-33)28-38-32-19-24-36(35(37)27-32)39-29-31-17-22-34(23-18-31)41-26-14-12-10-8-6-4-2;1-3-5-13-19(21-4-2)14-11-18(12-15-19)20-16-17-9-7-6-8-10-17/h15-24,27-29H,3-14,25-26H2,1-2H3;6-12,14,16H,3-5,13,15H2,1-2H3. The predicted octanol–water partition coefficient (Wildman–Crippen LogP) is 16.2. The molecular weight excluding hydrogens is 786 g/mol. The first-order valence-electron chi connectivity index (χ1n) is 23.4. The molecule has 7 heteroatoms. The summed E-state index contributed by atoms with van der Waals surface area (Å²) in [4.78, 5) is 13.7. The van der Waals surface area contributed by atoms with E-state index in [0.717, 1.165) is 85.1 Å². The Bertz CT molecular complexity index is 1950. The van der Waals surface area contributed by atoms with E-state index >= 15 is 0 Å². The van der Waals surface area contributed by atoms with Crippen molar-refractivity contribution in [2.75, 3.05) is 19.8 Å². The van der Waals surface area contributed by atoms with E-state index in [9.17, 15) is 0 Å². The molecule has 0 radical (unpaired) electrons. The lowest BCUT2D eigenvalue weighted by Gasteiger charge is -2.31. The van der Waals surface area contributed by atoms with Crippen molar-refractivity contribution >= 4 is 41.6 Å². The molecule has 1 aliphatic rings. The molecule has 1 unspecified atom stereocenters. The van der Waals surface area contributed by atoms with Crippen LogP contribution < -0.4 is 9.47 Å². The van der Waals surface area contributed by atoms with Crippen LogP contribution in [0.2, 0.25) is 5.02 Å². The number of hydrogen-bond donors (Lipinski definition) is 0. The predicted molar refractivity (Wildman–Crippen MR) is 266 cm³/mol. The fourth-order valence-corrected chi connectivity index (χ4v) is 7.21. The van der Waals surface area contributed by atoms with Gasteiger partial charge in [-0.2, -0.15) is 0 Å². The SMILES string of the molecule is CCCCC1(OCC)C=CC(N=Cc2ccccc2)=CC1.CCCCCCCCOc1ccc(C=Nc2ccc(N=Cc3ccc(OCCCCCCCC)cc3)c(Cl)c2)cc1. The molecule has 4 aromatic carbocycles. The molecule has 0 spiro atoms. The van der Waals surface area contributed by atoms with Gasteiger partial charge in [0, 0.05) is 31.7 Å². The van der Waals surface area contributed by atoms with Crippen LogP contribution >= 0.6 is 11.6 Å². The second-order valence-corrected chi connectivity index (χ2v) is 16.4. The van der Waals surface area contributed by atoms with Crippen LogP contribution in [-0.4, -0.2) is 44.1 Å². The molecule has 0 saturated heterocycles. The number of benzene rings is 4. The number of allylic oxidation sites excluding steroid dienone is 1. The van der Waals surface area contributed by atoms with Crippen molar-refractivity contribution in [1.29, 1.82) is 0 Å². The van der Waals surface area contributed by atoms with Gasteiger partial charge in [0.15, 0.2) is 0 Å². The van der Waals surface area contributed by atoms with Crippen LogP contribution in [0.3, 0.4) is 0 Å². The third kappa shape index (κ3) is 19.9. The highest BCUT2D eigenvalue weighted by Gasteiger charge is 2.28. The summed E-state index contributed by atoms with van der Waals surface area (Å²) in [7, 11) is 0. The van der Waals surface area contributed by atoms with Crippen molar-refractivity contribution in [2.24, 2.45) is 15.0 Å². The number of unbranched alkanes of at least 4 members (excludes halogenated alkanes) is 11. The van der Waals surface area contributed by atoms with Crippen LogP contribution in [0.25, 0.3) is 0 Å². The zero-order valence-corrected chi connectivity index (χ0v) is 38.8. The third-order valence-electron chi connectivity index (χ3n) is 10.7. The third-order valence-corrected chi connectivity index (χ3v) is 11.0. The summed E-state index contributed by atoms with van der Waals surface area (Å²) in [5, 5.41) is 0.563. The van der Waals surface area contributed by atoms with E-state index in [-0.39, 0.29) is 5.60 Å². The molecule has 0 aliphatic heterocycles. The monoisotopic (exact) mass is 858 g/mol. The Balaban J connectivity index is 0.000000336. The zero-order chi connectivity index (χ0) is 43.9. The lowest BCUT2D eigenvalue weighted by molar-refractivity contribution is -0.00746. The summed E-state index contributed by atoms with van der Waals surface area (Å²) >= 11 is 6.51. The first-order valence-corrected chi connectivity index (χ1v) is 23.8. The first kappa shape index (κ1) is 49.9. The summed E-state index contributed by atoms with van der Waals surface area (Å²) in [6.07, 6.45) is 31.6. The zero-order valence-electron chi connectivity index (χ0n) is 38.1. The molecule has 0 heterocycles. The Morgan fingerprint density at radius 3 is 1.63 bits per heavy atom. The number of hydrogen-bond acceptors (Lipinski definition) is 6. The van der Waals surface area contributed by atoms with E-state index < -0.39 is 0 Å². The van der Waals surface area contributed by atoms with E-state index in [1.165, 1.54) is 77.0 Å². The van der Waals surface area contributed by atoms with Gasteiger partial charge in [-0.1, -0.05) is 152 Å². The number of aliphatic imine (C=N–C) groups is 3. The fraction of sp³-hybridized carbons (Fsp3) is 0.436. The second-order valence-electron chi connectivity index (χ2n) is 16.0. The van der Waals surface area contributed by atoms with Gasteiger partial charge >= 0.3 is 0 Å². The van der Waals surface area contributed by atoms with Crippen LogP contribution in [0.4, 0.5) is 11.4 Å². The van der Waals surface area contributed by atoms with Crippen molar-refractivity contribution in [2.45, 2.75) is 136 Å². The minimum Gasteiger partial charge on any atom is -0.494 e. The summed E-state index contributed by atoms with van der Waals surface area (Å²) in [5.74, 6) is 1.79. The molecule has 0 saturated carbocycles. The van der Waals surface area contributed by atoms with Gasteiger partial charge in [-0.3, -0.25) is 15.0 Å². The molecule has 6 nitrogen and oxygen atoms in total. The van der Waals surface area contributed by atoms with Gasteiger partial charge in [-0.15, -0.1) is 0 Å². The maximum Gasteiger partial charge on any atom is 0.119 e. The highest BCUT2D eigenvalue weighted by atomic mass is 35.5. The van der Waals surface area contributed by atoms with Crippen molar-refractivity contribution < 1.29 is 14.2 Å². The molecule has 62 heavy (non-hydrogen) atoms. The number of nitrogens with zero attached hydrogens (tertiary/aromatic N) is 3. The topological polar surface area (TPSA) is 64.8 Å². The average Bonchev–Trinajstić information content (AvgIpc) is 3.30. The van der Waals surface area contributed by atoms with Gasteiger partial charge in [0.25, 0.3) is 0 Å². The van der Waals surface area contributed by atoms with Crippen LogP contribution in [0.5, 0.6) is 11.5 Å². The molecule has 4 aromatic rings. The molecule has 5 rings (SSSR count). The quantitative estimate of drug-likeness (QED) is 0.0443. The normalized spacial score (nSPS) is 15.0. The van der Waals surface area contributed by atoms with Gasteiger partial charge in [-0.25, -0.2) is 0 Å². The van der Waals surface area contributed by atoms with Gasteiger partial charge in [0.1, 0.15) is 11.5 Å². The highest BCUT2D eigenvalue weighted by Crippen LogP contribution is 2.31. The summed E-state index contributed by atoms with van der Waals surface area (Å²) in [6.45, 7) is 11.1. The number of halogens is 1. The second kappa shape index (κ2) is 30.3.